The van der Waals surface area contributed by atoms with Crippen LogP contribution >= 0.6 is 0 Å². The van der Waals surface area contributed by atoms with Gasteiger partial charge in [-0.25, -0.2) is 0 Å². The second kappa shape index (κ2) is 4.21. The minimum absolute atomic E-state index is 0.0439. The van der Waals surface area contributed by atoms with Gasteiger partial charge in [-0.15, -0.1) is 0 Å². The van der Waals surface area contributed by atoms with E-state index in [9.17, 15) is 4.79 Å². The SMILES string of the molecule is NCC(O)(O)CCNC=O. The first-order chi connectivity index (χ1) is 4.62. The molecular formula is C5H12N2O3. The molecule has 0 rings (SSSR count). The lowest BCUT2D eigenvalue weighted by Crippen LogP contribution is -2.39. The van der Waals surface area contributed by atoms with Gasteiger partial charge in [0.05, 0.1) is 0 Å². The molecule has 0 aromatic carbocycles. The summed E-state index contributed by atoms with van der Waals surface area (Å²) in [4.78, 5) is 9.67. The fourth-order valence-corrected chi connectivity index (χ4v) is 0.433. The Morgan fingerprint density at radius 2 is 2.20 bits per heavy atom. The molecule has 0 bridgehead atoms. The predicted octanol–water partition coefficient (Wildman–Crippen LogP) is -2.24. The van der Waals surface area contributed by atoms with E-state index in [1.165, 1.54) is 0 Å². The summed E-state index contributed by atoms with van der Waals surface area (Å²) in [6.07, 6.45) is 0.537. The number of nitrogens with one attached hydrogen (secondary N) is 1. The number of carbonyl (C=O) groups is 1. The smallest absolute Gasteiger partial charge is 0.207 e. The van der Waals surface area contributed by atoms with E-state index in [2.05, 4.69) is 5.32 Å². The molecule has 0 radical (unpaired) electrons. The second-order valence-corrected chi connectivity index (χ2v) is 2.01. The van der Waals surface area contributed by atoms with Crippen molar-refractivity contribution >= 4 is 6.41 Å². The highest BCUT2D eigenvalue weighted by atomic mass is 16.5. The van der Waals surface area contributed by atoms with Crippen LogP contribution in [0.5, 0.6) is 0 Å². The monoisotopic (exact) mass is 148 g/mol. The van der Waals surface area contributed by atoms with E-state index in [4.69, 9.17) is 15.9 Å². The van der Waals surface area contributed by atoms with Crippen LogP contribution in [0.25, 0.3) is 0 Å². The Hall–Kier alpha value is -0.650. The van der Waals surface area contributed by atoms with Gasteiger partial charge in [0.15, 0.2) is 5.79 Å². The summed E-state index contributed by atoms with van der Waals surface area (Å²) in [5, 5.41) is 19.9. The van der Waals surface area contributed by atoms with Crippen LogP contribution in [-0.2, 0) is 4.79 Å². The zero-order chi connectivity index (χ0) is 8.04. The molecule has 60 valence electrons. The van der Waals surface area contributed by atoms with Crippen molar-refractivity contribution in [3.8, 4) is 0 Å². The quantitative estimate of drug-likeness (QED) is 0.201. The van der Waals surface area contributed by atoms with Crippen molar-refractivity contribution in [2.45, 2.75) is 12.2 Å². The van der Waals surface area contributed by atoms with Gasteiger partial charge < -0.3 is 21.3 Å². The first kappa shape index (κ1) is 9.35. The number of rotatable bonds is 5. The molecule has 0 aliphatic rings. The number of nitrogens with two attached hydrogens (primary N) is 1. The van der Waals surface area contributed by atoms with Crippen molar-refractivity contribution in [1.29, 1.82) is 0 Å². The molecule has 1 amide bonds. The molecule has 0 aliphatic carbocycles. The fraction of sp³-hybridized carbons (Fsp3) is 0.800. The van der Waals surface area contributed by atoms with Crippen LogP contribution in [0.2, 0.25) is 0 Å². The zero-order valence-corrected chi connectivity index (χ0v) is 5.58. The molecule has 0 aromatic rings. The molecule has 0 atom stereocenters. The standard InChI is InChI=1S/C5H12N2O3/c6-3-5(9,10)1-2-7-4-8/h4,9-10H,1-3,6H2,(H,7,8). The highest BCUT2D eigenvalue weighted by Gasteiger charge is 2.18. The normalized spacial score (nSPS) is 11.1. The van der Waals surface area contributed by atoms with Gasteiger partial charge in [0, 0.05) is 19.5 Å². The number of aliphatic hydroxyl groups is 2. The third-order valence-electron chi connectivity index (χ3n) is 1.08. The molecular weight excluding hydrogens is 136 g/mol. The first-order valence-corrected chi connectivity index (χ1v) is 2.94. The van der Waals surface area contributed by atoms with Crippen molar-refractivity contribution in [3.05, 3.63) is 0 Å². The Morgan fingerprint density at radius 3 is 2.60 bits per heavy atom. The molecule has 0 fully saturated rings. The van der Waals surface area contributed by atoms with Gasteiger partial charge in [-0.05, 0) is 0 Å². The van der Waals surface area contributed by atoms with Gasteiger partial charge in [0.25, 0.3) is 0 Å². The van der Waals surface area contributed by atoms with E-state index >= 15 is 0 Å². The van der Waals surface area contributed by atoms with E-state index in [1.807, 2.05) is 0 Å². The Bertz CT molecular complexity index is 105. The molecule has 0 saturated carbocycles. The molecule has 0 heterocycles. The average Bonchev–Trinajstić information content (AvgIpc) is 1.89. The molecule has 10 heavy (non-hydrogen) atoms. The summed E-state index contributed by atoms with van der Waals surface area (Å²) in [5.74, 6) is -1.85. The third kappa shape index (κ3) is 4.25. The largest absolute Gasteiger partial charge is 0.365 e. The molecule has 0 aromatic heterocycles. The van der Waals surface area contributed by atoms with Gasteiger partial charge in [0.2, 0.25) is 6.41 Å². The Kier molecular flexibility index (Phi) is 3.94. The van der Waals surface area contributed by atoms with Gasteiger partial charge >= 0.3 is 0 Å². The summed E-state index contributed by atoms with van der Waals surface area (Å²) >= 11 is 0. The van der Waals surface area contributed by atoms with Gasteiger partial charge in [-0.2, -0.15) is 0 Å². The molecule has 0 spiro atoms. The van der Waals surface area contributed by atoms with E-state index in [-0.39, 0.29) is 19.5 Å². The highest BCUT2D eigenvalue weighted by molar-refractivity contribution is 5.45. The van der Waals surface area contributed by atoms with Gasteiger partial charge in [-0.3, -0.25) is 4.79 Å². The summed E-state index contributed by atoms with van der Waals surface area (Å²) in [7, 11) is 0. The summed E-state index contributed by atoms with van der Waals surface area (Å²) in [6, 6.07) is 0. The minimum atomic E-state index is -1.85. The van der Waals surface area contributed by atoms with Gasteiger partial charge in [-0.1, -0.05) is 0 Å². The lowest BCUT2D eigenvalue weighted by Gasteiger charge is -2.18. The van der Waals surface area contributed by atoms with Crippen molar-refractivity contribution in [2.75, 3.05) is 13.1 Å². The van der Waals surface area contributed by atoms with Crippen LogP contribution in [0.4, 0.5) is 0 Å². The summed E-state index contributed by atoms with van der Waals surface area (Å²) in [5.41, 5.74) is 4.97. The van der Waals surface area contributed by atoms with E-state index < -0.39 is 5.79 Å². The third-order valence-corrected chi connectivity index (χ3v) is 1.08. The van der Waals surface area contributed by atoms with Gasteiger partial charge in [0.1, 0.15) is 0 Å². The maximum atomic E-state index is 9.67. The topological polar surface area (TPSA) is 95.6 Å². The maximum Gasteiger partial charge on any atom is 0.207 e. The van der Waals surface area contributed by atoms with Crippen LogP contribution in [0.1, 0.15) is 6.42 Å². The lowest BCUT2D eigenvalue weighted by molar-refractivity contribution is -0.155. The van der Waals surface area contributed by atoms with Crippen molar-refractivity contribution in [1.82, 2.24) is 5.32 Å². The van der Waals surface area contributed by atoms with Crippen molar-refractivity contribution in [2.24, 2.45) is 5.73 Å². The van der Waals surface area contributed by atoms with Crippen LogP contribution < -0.4 is 11.1 Å². The molecule has 5 heteroatoms. The molecule has 0 unspecified atom stereocenters. The van der Waals surface area contributed by atoms with Crippen molar-refractivity contribution < 1.29 is 15.0 Å². The van der Waals surface area contributed by atoms with Crippen LogP contribution in [0, 0.1) is 0 Å². The predicted molar refractivity (Wildman–Crippen MR) is 34.9 cm³/mol. The fourth-order valence-electron chi connectivity index (χ4n) is 0.433. The maximum absolute atomic E-state index is 9.67. The molecule has 5 N–H and O–H groups in total. The van der Waals surface area contributed by atoms with Crippen LogP contribution in [-0.4, -0.2) is 35.5 Å². The molecule has 0 aliphatic heterocycles. The van der Waals surface area contributed by atoms with E-state index in [0.717, 1.165) is 0 Å². The van der Waals surface area contributed by atoms with Crippen molar-refractivity contribution in [3.63, 3.8) is 0 Å². The highest BCUT2D eigenvalue weighted by Crippen LogP contribution is 2.00. The summed E-state index contributed by atoms with van der Waals surface area (Å²) in [6.45, 7) is -0.0127. The second-order valence-electron chi connectivity index (χ2n) is 2.01. The Morgan fingerprint density at radius 1 is 1.60 bits per heavy atom. The molecule has 0 saturated heterocycles. The van der Waals surface area contributed by atoms with Crippen LogP contribution in [0.3, 0.4) is 0 Å². The zero-order valence-electron chi connectivity index (χ0n) is 5.58. The summed E-state index contributed by atoms with van der Waals surface area (Å²) < 4.78 is 0. The average molecular weight is 148 g/mol. The minimum Gasteiger partial charge on any atom is -0.365 e. The number of amides is 1. The Balaban J connectivity index is 3.36. The lowest BCUT2D eigenvalue weighted by atomic mass is 10.2. The number of hydrogen-bond acceptors (Lipinski definition) is 4. The van der Waals surface area contributed by atoms with E-state index in [1.54, 1.807) is 0 Å². The number of carbonyl (C=O) groups excluding carboxylic acids is 1. The molecule has 5 nitrogen and oxygen atoms in total. The van der Waals surface area contributed by atoms with E-state index in [0.29, 0.717) is 6.41 Å². The Labute approximate surface area is 58.8 Å². The van der Waals surface area contributed by atoms with Crippen LogP contribution in [0.15, 0.2) is 0 Å². The number of hydrogen-bond donors (Lipinski definition) is 4. The first-order valence-electron chi connectivity index (χ1n) is 2.94.